The molecule has 1 aliphatic rings. The fraction of sp³-hybridized carbons (Fsp3) is 0.364. The number of nitro groups is 1. The fourth-order valence-corrected chi connectivity index (χ4v) is 2.03. The molecule has 1 aliphatic heterocycles. The van der Waals surface area contributed by atoms with Gasteiger partial charge in [-0.2, -0.15) is 5.26 Å². The summed E-state index contributed by atoms with van der Waals surface area (Å²) in [6.07, 6.45) is 0.133. The predicted molar refractivity (Wildman–Crippen MR) is 60.6 cm³/mol. The minimum Gasteiger partial charge on any atom is -0.391 e. The van der Waals surface area contributed by atoms with E-state index >= 15 is 0 Å². The highest BCUT2D eigenvalue weighted by molar-refractivity contribution is 5.70. The van der Waals surface area contributed by atoms with E-state index in [-0.39, 0.29) is 11.3 Å². The van der Waals surface area contributed by atoms with Crippen molar-refractivity contribution in [1.82, 2.24) is 0 Å². The average molecular weight is 233 g/mol. The summed E-state index contributed by atoms with van der Waals surface area (Å²) in [5, 5.41) is 29.3. The third kappa shape index (κ3) is 2.05. The lowest BCUT2D eigenvalue weighted by Gasteiger charge is -2.17. The molecule has 6 nitrogen and oxygen atoms in total. The summed E-state index contributed by atoms with van der Waals surface area (Å²) in [4.78, 5) is 12.2. The molecule has 1 atom stereocenters. The number of benzene rings is 1. The minimum absolute atomic E-state index is 0.0499. The van der Waals surface area contributed by atoms with Crippen LogP contribution in [0.5, 0.6) is 0 Å². The number of nitriles is 1. The van der Waals surface area contributed by atoms with Gasteiger partial charge in [0.1, 0.15) is 17.3 Å². The van der Waals surface area contributed by atoms with E-state index in [0.717, 1.165) is 0 Å². The SMILES string of the molecule is N#Cc1cccc(N2CCC(O)C2)c1[N+](=O)[O-]. The van der Waals surface area contributed by atoms with E-state index in [1.165, 1.54) is 6.07 Å². The Balaban J connectivity index is 2.47. The second-order valence-electron chi connectivity index (χ2n) is 3.93. The number of β-amino-alcohol motifs (C(OH)–C–C–N with tert-alkyl or cyclic N) is 1. The molecule has 0 amide bonds. The highest BCUT2D eigenvalue weighted by Gasteiger charge is 2.28. The van der Waals surface area contributed by atoms with Gasteiger partial charge in [-0.1, -0.05) is 6.07 Å². The van der Waals surface area contributed by atoms with Crippen molar-refractivity contribution in [1.29, 1.82) is 5.26 Å². The molecule has 1 fully saturated rings. The van der Waals surface area contributed by atoms with Crippen molar-refractivity contribution in [2.75, 3.05) is 18.0 Å². The average Bonchev–Trinajstić information content (AvgIpc) is 2.74. The zero-order valence-electron chi connectivity index (χ0n) is 9.04. The van der Waals surface area contributed by atoms with Crippen molar-refractivity contribution in [3.8, 4) is 6.07 Å². The molecule has 0 aromatic heterocycles. The molecule has 1 N–H and O–H groups in total. The normalized spacial score (nSPS) is 19.1. The van der Waals surface area contributed by atoms with Crippen LogP contribution in [0.4, 0.5) is 11.4 Å². The maximum absolute atomic E-state index is 11.0. The van der Waals surface area contributed by atoms with Crippen LogP contribution in [0.3, 0.4) is 0 Å². The summed E-state index contributed by atoms with van der Waals surface area (Å²) in [5.74, 6) is 0. The first-order valence-corrected chi connectivity index (χ1v) is 5.24. The van der Waals surface area contributed by atoms with Gasteiger partial charge in [0.05, 0.1) is 11.0 Å². The van der Waals surface area contributed by atoms with E-state index in [0.29, 0.717) is 25.2 Å². The molecule has 0 radical (unpaired) electrons. The molecule has 1 unspecified atom stereocenters. The lowest BCUT2D eigenvalue weighted by Crippen LogP contribution is -2.22. The van der Waals surface area contributed by atoms with E-state index in [1.807, 2.05) is 6.07 Å². The van der Waals surface area contributed by atoms with Crippen LogP contribution in [0.15, 0.2) is 18.2 Å². The van der Waals surface area contributed by atoms with Gasteiger partial charge in [0.25, 0.3) is 0 Å². The van der Waals surface area contributed by atoms with Crippen LogP contribution < -0.4 is 4.90 Å². The molecule has 88 valence electrons. The monoisotopic (exact) mass is 233 g/mol. The Hall–Kier alpha value is -2.13. The molecule has 1 saturated heterocycles. The number of hydrogen-bond acceptors (Lipinski definition) is 5. The first-order chi connectivity index (χ1) is 8.13. The number of anilines is 1. The summed E-state index contributed by atoms with van der Waals surface area (Å²) in [6, 6.07) is 6.47. The second kappa shape index (κ2) is 4.39. The smallest absolute Gasteiger partial charge is 0.310 e. The standard InChI is InChI=1S/C11H11N3O3/c12-6-8-2-1-3-10(11(8)14(16)17)13-5-4-9(15)7-13/h1-3,9,15H,4-5,7H2. The number of aliphatic hydroxyl groups is 1. The predicted octanol–water partition coefficient (Wildman–Crippen LogP) is 1.04. The molecule has 1 heterocycles. The van der Waals surface area contributed by atoms with Crippen molar-refractivity contribution < 1.29 is 10.0 Å². The van der Waals surface area contributed by atoms with Gasteiger partial charge in [-0.25, -0.2) is 0 Å². The van der Waals surface area contributed by atoms with Crippen LogP contribution in [0.25, 0.3) is 0 Å². The topological polar surface area (TPSA) is 90.4 Å². The Bertz CT molecular complexity index is 495. The third-order valence-corrected chi connectivity index (χ3v) is 2.82. The zero-order chi connectivity index (χ0) is 12.4. The van der Waals surface area contributed by atoms with E-state index in [9.17, 15) is 15.2 Å². The van der Waals surface area contributed by atoms with Gasteiger partial charge in [-0.15, -0.1) is 0 Å². The van der Waals surface area contributed by atoms with Crippen LogP contribution in [0.1, 0.15) is 12.0 Å². The first kappa shape index (κ1) is 11.4. The molecule has 0 bridgehead atoms. The van der Waals surface area contributed by atoms with Gasteiger partial charge >= 0.3 is 5.69 Å². The number of nitro benzene ring substituents is 1. The quantitative estimate of drug-likeness (QED) is 0.608. The Morgan fingerprint density at radius 2 is 2.35 bits per heavy atom. The Kier molecular flexibility index (Phi) is 2.93. The summed E-state index contributed by atoms with van der Waals surface area (Å²) in [7, 11) is 0. The summed E-state index contributed by atoms with van der Waals surface area (Å²) in [6.45, 7) is 0.937. The number of rotatable bonds is 2. The fourth-order valence-electron chi connectivity index (χ4n) is 2.03. The minimum atomic E-state index is -0.543. The summed E-state index contributed by atoms with van der Waals surface area (Å²) in [5.41, 5.74) is 0.281. The maximum atomic E-state index is 11.0. The van der Waals surface area contributed by atoms with Crippen molar-refractivity contribution in [2.45, 2.75) is 12.5 Å². The van der Waals surface area contributed by atoms with E-state index in [1.54, 1.807) is 17.0 Å². The first-order valence-electron chi connectivity index (χ1n) is 5.24. The van der Waals surface area contributed by atoms with E-state index in [2.05, 4.69) is 0 Å². The number of hydrogen-bond donors (Lipinski definition) is 1. The van der Waals surface area contributed by atoms with Crippen molar-refractivity contribution >= 4 is 11.4 Å². The van der Waals surface area contributed by atoms with Crippen LogP contribution in [-0.2, 0) is 0 Å². The van der Waals surface area contributed by atoms with Crippen LogP contribution in [-0.4, -0.2) is 29.2 Å². The highest BCUT2D eigenvalue weighted by Crippen LogP contribution is 2.33. The Morgan fingerprint density at radius 3 is 2.88 bits per heavy atom. The van der Waals surface area contributed by atoms with Crippen molar-refractivity contribution in [2.24, 2.45) is 0 Å². The molecule has 0 aliphatic carbocycles. The van der Waals surface area contributed by atoms with Crippen molar-refractivity contribution in [3.05, 3.63) is 33.9 Å². The number of aliphatic hydroxyl groups excluding tert-OH is 1. The van der Waals surface area contributed by atoms with E-state index < -0.39 is 11.0 Å². The van der Waals surface area contributed by atoms with Gasteiger partial charge < -0.3 is 10.0 Å². The molecular formula is C11H11N3O3. The van der Waals surface area contributed by atoms with Crippen molar-refractivity contribution in [3.63, 3.8) is 0 Å². The van der Waals surface area contributed by atoms with Gasteiger partial charge in [-0.05, 0) is 18.6 Å². The van der Waals surface area contributed by atoms with E-state index in [4.69, 9.17) is 5.26 Å². The summed E-state index contributed by atoms with van der Waals surface area (Å²) < 4.78 is 0. The number of nitrogens with zero attached hydrogens (tertiary/aromatic N) is 3. The molecule has 6 heteroatoms. The Labute approximate surface area is 97.8 Å². The molecule has 2 rings (SSSR count). The second-order valence-corrected chi connectivity index (χ2v) is 3.93. The molecule has 1 aromatic carbocycles. The zero-order valence-corrected chi connectivity index (χ0v) is 9.04. The lowest BCUT2D eigenvalue weighted by atomic mass is 10.1. The molecule has 0 spiro atoms. The molecule has 0 saturated carbocycles. The van der Waals surface area contributed by atoms with Gasteiger partial charge in [0, 0.05) is 13.1 Å². The maximum Gasteiger partial charge on any atom is 0.310 e. The number of para-hydroxylation sites is 1. The van der Waals surface area contributed by atoms with Gasteiger partial charge in [0.15, 0.2) is 0 Å². The van der Waals surface area contributed by atoms with Gasteiger partial charge in [0.2, 0.25) is 0 Å². The third-order valence-electron chi connectivity index (χ3n) is 2.82. The summed E-state index contributed by atoms with van der Waals surface area (Å²) >= 11 is 0. The molecule has 17 heavy (non-hydrogen) atoms. The van der Waals surface area contributed by atoms with Crippen LogP contribution in [0, 0.1) is 21.4 Å². The lowest BCUT2D eigenvalue weighted by molar-refractivity contribution is -0.384. The van der Waals surface area contributed by atoms with Gasteiger partial charge in [-0.3, -0.25) is 10.1 Å². The molecule has 1 aromatic rings. The largest absolute Gasteiger partial charge is 0.391 e. The van der Waals surface area contributed by atoms with Crippen LogP contribution in [0.2, 0.25) is 0 Å². The highest BCUT2D eigenvalue weighted by atomic mass is 16.6. The molecular weight excluding hydrogens is 222 g/mol. The van der Waals surface area contributed by atoms with Crippen LogP contribution >= 0.6 is 0 Å². The Morgan fingerprint density at radius 1 is 1.59 bits per heavy atom.